The van der Waals surface area contributed by atoms with Crippen molar-refractivity contribution in [1.82, 2.24) is 4.90 Å². The van der Waals surface area contributed by atoms with Crippen molar-refractivity contribution in [2.45, 2.75) is 31.2 Å². The Bertz CT molecular complexity index is 654. The number of halogens is 1. The third-order valence-electron chi connectivity index (χ3n) is 4.43. The summed E-state index contributed by atoms with van der Waals surface area (Å²) < 4.78 is 19.2. The molecule has 2 aromatic rings. The van der Waals surface area contributed by atoms with Gasteiger partial charge in [0.05, 0.1) is 5.54 Å². The molecule has 0 spiro atoms. The molecular formula is C16H18FNO2. The second kappa shape index (κ2) is 4.70. The first-order valence-electron chi connectivity index (χ1n) is 6.95. The van der Waals surface area contributed by atoms with Crippen molar-refractivity contribution in [3.05, 3.63) is 35.8 Å². The zero-order valence-electron chi connectivity index (χ0n) is 11.8. The Morgan fingerprint density at radius 1 is 1.30 bits per heavy atom. The number of hydrogen-bond donors (Lipinski definition) is 0. The quantitative estimate of drug-likeness (QED) is 0.802. The van der Waals surface area contributed by atoms with Gasteiger partial charge in [-0.1, -0.05) is 25.0 Å². The van der Waals surface area contributed by atoms with Crippen molar-refractivity contribution in [3.63, 3.8) is 0 Å². The van der Waals surface area contributed by atoms with Crippen LogP contribution in [0.5, 0.6) is 0 Å². The Morgan fingerprint density at radius 2 is 2.00 bits per heavy atom. The van der Waals surface area contributed by atoms with Crippen molar-refractivity contribution in [2.24, 2.45) is 0 Å². The smallest absolute Gasteiger partial charge is 0.218 e. The second-order valence-electron chi connectivity index (χ2n) is 5.73. The van der Waals surface area contributed by atoms with Crippen molar-refractivity contribution >= 4 is 16.8 Å². The fraction of sp³-hybridized carbons (Fsp3) is 0.438. The molecule has 1 aliphatic carbocycles. The summed E-state index contributed by atoms with van der Waals surface area (Å²) in [5.74, 6) is -0.192. The van der Waals surface area contributed by atoms with Crippen molar-refractivity contribution in [2.75, 3.05) is 14.1 Å². The van der Waals surface area contributed by atoms with Crippen LogP contribution in [0.1, 0.15) is 36.2 Å². The van der Waals surface area contributed by atoms with Gasteiger partial charge in [0.25, 0.3) is 0 Å². The van der Waals surface area contributed by atoms with E-state index in [1.54, 1.807) is 18.2 Å². The van der Waals surface area contributed by atoms with E-state index in [-0.39, 0.29) is 17.1 Å². The first-order chi connectivity index (χ1) is 9.54. The predicted molar refractivity (Wildman–Crippen MR) is 75.4 cm³/mol. The standard InChI is InChI=1S/C16H18FNO2/c1-18(2)16(8-3-4-9-16)15(19)13-10-11-6-5-7-12(17)14(11)20-13/h5-7,10H,3-4,8-9H2,1-2H3. The van der Waals surface area contributed by atoms with Crippen LogP contribution in [0.15, 0.2) is 28.7 Å². The number of rotatable bonds is 3. The van der Waals surface area contributed by atoms with E-state index in [0.717, 1.165) is 25.7 Å². The van der Waals surface area contributed by atoms with Crippen LogP contribution >= 0.6 is 0 Å². The van der Waals surface area contributed by atoms with E-state index < -0.39 is 11.4 Å². The Kier molecular flexibility index (Phi) is 3.13. The third-order valence-corrected chi connectivity index (χ3v) is 4.43. The van der Waals surface area contributed by atoms with Crippen molar-refractivity contribution < 1.29 is 13.6 Å². The molecule has 0 unspecified atom stereocenters. The number of nitrogens with zero attached hydrogens (tertiary/aromatic N) is 1. The monoisotopic (exact) mass is 275 g/mol. The summed E-state index contributed by atoms with van der Waals surface area (Å²) in [6.45, 7) is 0. The maximum absolute atomic E-state index is 13.7. The van der Waals surface area contributed by atoms with Crippen LogP contribution in [0.3, 0.4) is 0 Å². The maximum atomic E-state index is 13.7. The SMILES string of the molecule is CN(C)C1(C(=O)c2cc3cccc(F)c3o2)CCCC1. The molecule has 0 atom stereocenters. The van der Waals surface area contributed by atoms with Gasteiger partial charge in [0.1, 0.15) is 0 Å². The summed E-state index contributed by atoms with van der Waals surface area (Å²) in [4.78, 5) is 14.8. The first-order valence-corrected chi connectivity index (χ1v) is 6.95. The van der Waals surface area contributed by atoms with Gasteiger partial charge in [-0.3, -0.25) is 9.69 Å². The van der Waals surface area contributed by atoms with Gasteiger partial charge in [-0.25, -0.2) is 4.39 Å². The number of furan rings is 1. The van der Waals surface area contributed by atoms with E-state index >= 15 is 0 Å². The zero-order chi connectivity index (χ0) is 14.3. The molecule has 0 aliphatic heterocycles. The Morgan fingerprint density at radius 3 is 2.60 bits per heavy atom. The lowest BCUT2D eigenvalue weighted by Crippen LogP contribution is -2.48. The molecule has 1 aromatic heterocycles. The minimum Gasteiger partial charge on any atom is -0.450 e. The molecule has 0 amide bonds. The van der Waals surface area contributed by atoms with Crippen LogP contribution in [-0.4, -0.2) is 30.3 Å². The highest BCUT2D eigenvalue weighted by Gasteiger charge is 2.44. The van der Waals surface area contributed by atoms with Gasteiger partial charge in [-0.2, -0.15) is 0 Å². The van der Waals surface area contributed by atoms with E-state index in [9.17, 15) is 9.18 Å². The average molecular weight is 275 g/mol. The van der Waals surface area contributed by atoms with Crippen LogP contribution in [-0.2, 0) is 0 Å². The molecule has 1 fully saturated rings. The molecule has 106 valence electrons. The highest BCUT2D eigenvalue weighted by Crippen LogP contribution is 2.37. The number of ketones is 1. The lowest BCUT2D eigenvalue weighted by Gasteiger charge is -2.33. The summed E-state index contributed by atoms with van der Waals surface area (Å²) in [5, 5.41) is 0.639. The van der Waals surface area contributed by atoms with Gasteiger partial charge in [0.2, 0.25) is 5.78 Å². The third kappa shape index (κ3) is 1.86. The van der Waals surface area contributed by atoms with Crippen molar-refractivity contribution in [1.29, 1.82) is 0 Å². The maximum Gasteiger partial charge on any atom is 0.218 e. The van der Waals surface area contributed by atoms with E-state index in [1.165, 1.54) is 6.07 Å². The fourth-order valence-corrected chi connectivity index (χ4v) is 3.21. The normalized spacial score (nSPS) is 18.0. The molecule has 1 aliphatic rings. The predicted octanol–water partition coefficient (Wildman–Crippen LogP) is 3.63. The molecule has 1 saturated carbocycles. The van der Waals surface area contributed by atoms with Gasteiger partial charge in [-0.15, -0.1) is 0 Å². The number of carbonyl (C=O) groups is 1. The largest absolute Gasteiger partial charge is 0.450 e. The van der Waals surface area contributed by atoms with Crippen LogP contribution in [0.25, 0.3) is 11.0 Å². The summed E-state index contributed by atoms with van der Waals surface area (Å²) in [6, 6.07) is 6.39. The molecular weight excluding hydrogens is 257 g/mol. The summed E-state index contributed by atoms with van der Waals surface area (Å²) in [6.07, 6.45) is 3.74. The number of Topliss-reactive ketones (excluding diaryl/α,β-unsaturated/α-hetero) is 1. The lowest BCUT2D eigenvalue weighted by atomic mass is 9.89. The average Bonchev–Trinajstić information content (AvgIpc) is 3.06. The molecule has 1 aromatic carbocycles. The van der Waals surface area contributed by atoms with Gasteiger partial charge in [-0.05, 0) is 39.1 Å². The van der Waals surface area contributed by atoms with Gasteiger partial charge >= 0.3 is 0 Å². The van der Waals surface area contributed by atoms with Crippen LogP contribution in [0.2, 0.25) is 0 Å². The molecule has 0 bridgehead atoms. The van der Waals surface area contributed by atoms with Crippen molar-refractivity contribution in [3.8, 4) is 0 Å². The molecule has 0 saturated heterocycles. The lowest BCUT2D eigenvalue weighted by molar-refractivity contribution is 0.0665. The number of fused-ring (bicyclic) bond motifs is 1. The zero-order valence-corrected chi connectivity index (χ0v) is 11.8. The minimum atomic E-state index is -0.496. The second-order valence-corrected chi connectivity index (χ2v) is 5.73. The number of likely N-dealkylation sites (N-methyl/N-ethyl adjacent to an activating group) is 1. The van der Waals surface area contributed by atoms with Gasteiger partial charge < -0.3 is 4.42 Å². The number of para-hydroxylation sites is 1. The summed E-state index contributed by atoms with van der Waals surface area (Å²) in [7, 11) is 3.85. The number of carbonyl (C=O) groups excluding carboxylic acids is 1. The molecule has 20 heavy (non-hydrogen) atoms. The van der Waals surface area contributed by atoms with E-state index in [1.807, 2.05) is 19.0 Å². The first kappa shape index (κ1) is 13.3. The highest BCUT2D eigenvalue weighted by atomic mass is 19.1. The molecule has 1 heterocycles. The highest BCUT2D eigenvalue weighted by molar-refractivity contribution is 6.03. The molecule has 0 N–H and O–H groups in total. The topological polar surface area (TPSA) is 33.5 Å². The Balaban J connectivity index is 2.06. The van der Waals surface area contributed by atoms with E-state index in [4.69, 9.17) is 4.42 Å². The van der Waals surface area contributed by atoms with E-state index in [2.05, 4.69) is 0 Å². The number of benzene rings is 1. The minimum absolute atomic E-state index is 0.0319. The van der Waals surface area contributed by atoms with Gasteiger partial charge in [0, 0.05) is 5.39 Å². The fourth-order valence-electron chi connectivity index (χ4n) is 3.21. The van der Waals surface area contributed by atoms with Crippen LogP contribution in [0.4, 0.5) is 4.39 Å². The Hall–Kier alpha value is -1.68. The molecule has 3 nitrogen and oxygen atoms in total. The summed E-state index contributed by atoms with van der Waals surface area (Å²) >= 11 is 0. The number of hydrogen-bond acceptors (Lipinski definition) is 3. The van der Waals surface area contributed by atoms with Crippen LogP contribution in [0, 0.1) is 5.82 Å². The Labute approximate surface area is 117 Å². The molecule has 3 rings (SSSR count). The molecule has 4 heteroatoms. The van der Waals surface area contributed by atoms with E-state index in [0.29, 0.717) is 5.39 Å². The van der Waals surface area contributed by atoms with Crippen LogP contribution < -0.4 is 0 Å². The summed E-state index contributed by atoms with van der Waals surface area (Å²) in [5.41, 5.74) is -0.326. The molecule has 0 radical (unpaired) electrons. The van der Waals surface area contributed by atoms with Gasteiger partial charge in [0.15, 0.2) is 17.2 Å².